The molecular formula is C30H23F3N6O2S. The monoisotopic (exact) mass is 588 g/mol. The summed E-state index contributed by atoms with van der Waals surface area (Å²) in [5.41, 5.74) is 3.33. The number of carbonyl (C=O) groups is 2. The van der Waals surface area contributed by atoms with Crippen LogP contribution >= 0.6 is 11.3 Å². The third-order valence-electron chi connectivity index (χ3n) is 6.10. The van der Waals surface area contributed by atoms with Gasteiger partial charge in [0.2, 0.25) is 0 Å². The topological polar surface area (TPSA) is 99.2 Å². The Morgan fingerprint density at radius 2 is 1.50 bits per heavy atom. The number of aromatic nitrogens is 2. The number of nitrogens with zero attached hydrogens (tertiary/aromatic N) is 3. The number of hydrogen-bond acceptors (Lipinski definition) is 6. The largest absolute Gasteiger partial charge is 0.416 e. The van der Waals surface area contributed by atoms with Crippen molar-refractivity contribution < 1.29 is 22.8 Å². The molecule has 0 radical (unpaired) electrons. The number of urea groups is 1. The first kappa shape index (κ1) is 28.3. The van der Waals surface area contributed by atoms with E-state index in [-0.39, 0.29) is 11.6 Å². The number of rotatable bonds is 7. The number of pyridine rings is 1. The molecule has 0 aliphatic rings. The minimum atomic E-state index is -4.46. The van der Waals surface area contributed by atoms with Gasteiger partial charge in [-0.3, -0.25) is 14.7 Å². The van der Waals surface area contributed by atoms with Crippen LogP contribution in [0.2, 0.25) is 0 Å². The molecule has 2 aromatic heterocycles. The lowest BCUT2D eigenvalue weighted by molar-refractivity contribution is -0.137. The van der Waals surface area contributed by atoms with Gasteiger partial charge in [-0.1, -0.05) is 6.07 Å². The second-order valence-corrected chi connectivity index (χ2v) is 9.92. The van der Waals surface area contributed by atoms with Crippen LogP contribution in [0, 0.1) is 6.92 Å². The van der Waals surface area contributed by atoms with Crippen molar-refractivity contribution in [2.45, 2.75) is 13.1 Å². The molecular weight excluding hydrogens is 565 g/mol. The molecule has 212 valence electrons. The predicted molar refractivity (Wildman–Crippen MR) is 158 cm³/mol. The number of thiazole rings is 1. The van der Waals surface area contributed by atoms with E-state index < -0.39 is 17.8 Å². The maximum Gasteiger partial charge on any atom is 0.416 e. The first-order valence-corrected chi connectivity index (χ1v) is 13.4. The smallest absolute Gasteiger partial charge is 0.322 e. The van der Waals surface area contributed by atoms with Crippen molar-refractivity contribution >= 4 is 56.8 Å². The van der Waals surface area contributed by atoms with Gasteiger partial charge < -0.3 is 16.0 Å². The van der Waals surface area contributed by atoms with E-state index in [9.17, 15) is 22.8 Å². The molecule has 2 heterocycles. The number of benzene rings is 3. The van der Waals surface area contributed by atoms with E-state index in [1.807, 2.05) is 47.5 Å². The van der Waals surface area contributed by atoms with Crippen LogP contribution in [0.4, 0.5) is 51.5 Å². The number of halogens is 3. The van der Waals surface area contributed by atoms with Gasteiger partial charge in [-0.25, -0.2) is 9.78 Å². The molecule has 3 N–H and O–H groups in total. The summed E-state index contributed by atoms with van der Waals surface area (Å²) in [6.45, 7) is 1.97. The lowest BCUT2D eigenvalue weighted by Gasteiger charge is -2.24. The van der Waals surface area contributed by atoms with E-state index in [0.29, 0.717) is 16.9 Å². The first-order valence-electron chi connectivity index (χ1n) is 12.5. The highest BCUT2D eigenvalue weighted by Crippen LogP contribution is 2.38. The molecule has 0 unspecified atom stereocenters. The van der Waals surface area contributed by atoms with Crippen molar-refractivity contribution in [3.8, 4) is 0 Å². The van der Waals surface area contributed by atoms with Gasteiger partial charge in [0.15, 0.2) is 5.13 Å². The highest BCUT2D eigenvalue weighted by Gasteiger charge is 2.30. The zero-order chi connectivity index (χ0) is 29.7. The van der Waals surface area contributed by atoms with Crippen molar-refractivity contribution in [3.63, 3.8) is 0 Å². The van der Waals surface area contributed by atoms with E-state index in [2.05, 4.69) is 25.9 Å². The van der Waals surface area contributed by atoms with Crippen LogP contribution in [0.15, 0.2) is 103 Å². The van der Waals surface area contributed by atoms with Crippen LogP contribution < -0.4 is 20.9 Å². The van der Waals surface area contributed by atoms with Crippen molar-refractivity contribution in [2.75, 3.05) is 20.9 Å². The number of nitrogens with one attached hydrogen (secondary N) is 3. The van der Waals surface area contributed by atoms with E-state index in [0.717, 1.165) is 34.2 Å². The molecule has 5 aromatic rings. The molecule has 0 bridgehead atoms. The predicted octanol–water partition coefficient (Wildman–Crippen LogP) is 8.23. The van der Waals surface area contributed by atoms with Gasteiger partial charge in [-0.15, -0.1) is 11.3 Å². The Morgan fingerprint density at radius 3 is 2.10 bits per heavy atom. The van der Waals surface area contributed by atoms with Gasteiger partial charge >= 0.3 is 12.2 Å². The summed E-state index contributed by atoms with van der Waals surface area (Å²) in [6, 6.07) is 19.0. The maximum absolute atomic E-state index is 13.0. The molecule has 0 saturated carbocycles. The average molecular weight is 589 g/mol. The molecule has 0 atom stereocenters. The van der Waals surface area contributed by atoms with Gasteiger partial charge in [0.25, 0.3) is 5.91 Å². The molecule has 0 spiro atoms. The van der Waals surface area contributed by atoms with Gasteiger partial charge in [0, 0.05) is 40.4 Å². The zero-order valence-electron chi connectivity index (χ0n) is 22.0. The second kappa shape index (κ2) is 12.1. The van der Waals surface area contributed by atoms with Crippen molar-refractivity contribution in [1.29, 1.82) is 0 Å². The Morgan fingerprint density at radius 1 is 0.833 bits per heavy atom. The minimum Gasteiger partial charge on any atom is -0.322 e. The number of anilines is 6. The summed E-state index contributed by atoms with van der Waals surface area (Å²) < 4.78 is 38.2. The summed E-state index contributed by atoms with van der Waals surface area (Å²) in [5.74, 6) is -0.354. The normalized spacial score (nSPS) is 11.0. The van der Waals surface area contributed by atoms with Crippen LogP contribution in [-0.2, 0) is 6.18 Å². The Balaban J connectivity index is 1.25. The van der Waals surface area contributed by atoms with Gasteiger partial charge in [0.05, 0.1) is 23.1 Å². The first-order chi connectivity index (χ1) is 20.2. The van der Waals surface area contributed by atoms with Crippen LogP contribution in [0.3, 0.4) is 0 Å². The molecule has 3 aromatic carbocycles. The third kappa shape index (κ3) is 6.73. The van der Waals surface area contributed by atoms with Crippen LogP contribution in [0.1, 0.15) is 21.5 Å². The number of alkyl halides is 3. The van der Waals surface area contributed by atoms with Crippen molar-refractivity contribution in [1.82, 2.24) is 9.97 Å². The summed E-state index contributed by atoms with van der Waals surface area (Å²) in [4.78, 5) is 36.0. The summed E-state index contributed by atoms with van der Waals surface area (Å²) in [5, 5.41) is 10.6. The van der Waals surface area contributed by atoms with Crippen LogP contribution in [0.25, 0.3) is 0 Å². The molecule has 42 heavy (non-hydrogen) atoms. The summed E-state index contributed by atoms with van der Waals surface area (Å²) in [6.07, 6.45) is 0.699. The molecule has 8 nitrogen and oxygen atoms in total. The average Bonchev–Trinajstić information content (AvgIpc) is 3.50. The Hall–Kier alpha value is -5.23. The molecule has 0 fully saturated rings. The Labute approximate surface area is 242 Å². The fourth-order valence-electron chi connectivity index (χ4n) is 4.04. The molecule has 0 saturated heterocycles. The number of carbonyl (C=O) groups excluding carboxylic acids is 2. The van der Waals surface area contributed by atoms with Crippen molar-refractivity contribution in [2.24, 2.45) is 0 Å². The van der Waals surface area contributed by atoms with Gasteiger partial charge in [-0.2, -0.15) is 13.2 Å². The molecule has 3 amide bonds. The highest BCUT2D eigenvalue weighted by atomic mass is 32.1. The van der Waals surface area contributed by atoms with E-state index >= 15 is 0 Å². The standard InChI is InChI=1S/C30H23F3N6O2S/c1-19-4-9-24(17-26(19)39(29-35-15-16-42-29)25-3-2-14-34-18-25)36-27(40)20-5-10-22(11-6-20)37-28(41)38-23-12-7-21(8-13-23)30(31,32)33/h2-18H,1H3,(H,36,40)(H2,37,38,41). The van der Waals surface area contributed by atoms with E-state index in [1.54, 1.807) is 42.9 Å². The number of hydrogen-bond donors (Lipinski definition) is 3. The van der Waals surface area contributed by atoms with Crippen LogP contribution in [-0.4, -0.2) is 21.9 Å². The van der Waals surface area contributed by atoms with E-state index in [4.69, 9.17) is 0 Å². The molecule has 5 rings (SSSR count). The molecule has 12 heteroatoms. The highest BCUT2D eigenvalue weighted by molar-refractivity contribution is 7.13. The summed E-state index contributed by atoms with van der Waals surface area (Å²) >= 11 is 1.48. The fraction of sp³-hybridized carbons (Fsp3) is 0.0667. The van der Waals surface area contributed by atoms with Crippen molar-refractivity contribution in [3.05, 3.63) is 120 Å². The SMILES string of the molecule is Cc1ccc(NC(=O)c2ccc(NC(=O)Nc3ccc(C(F)(F)F)cc3)cc2)cc1N(c1cccnc1)c1nccs1. The maximum atomic E-state index is 13.0. The lowest BCUT2D eigenvalue weighted by atomic mass is 10.1. The van der Waals surface area contributed by atoms with Crippen LogP contribution in [0.5, 0.6) is 0 Å². The number of aryl methyl sites for hydroxylation is 1. The summed E-state index contributed by atoms with van der Waals surface area (Å²) in [7, 11) is 0. The quantitative estimate of drug-likeness (QED) is 0.178. The lowest BCUT2D eigenvalue weighted by Crippen LogP contribution is -2.19. The second-order valence-electron chi connectivity index (χ2n) is 9.05. The molecule has 0 aliphatic heterocycles. The van der Waals surface area contributed by atoms with Gasteiger partial charge in [0.1, 0.15) is 0 Å². The third-order valence-corrected chi connectivity index (χ3v) is 6.85. The fourth-order valence-corrected chi connectivity index (χ4v) is 4.71. The van der Waals surface area contributed by atoms with E-state index in [1.165, 1.54) is 23.5 Å². The minimum absolute atomic E-state index is 0.200. The molecule has 0 aliphatic carbocycles. The van der Waals surface area contributed by atoms with Gasteiger partial charge in [-0.05, 0) is 85.3 Å². The number of amides is 3. The zero-order valence-corrected chi connectivity index (χ0v) is 22.8. The Kier molecular flexibility index (Phi) is 8.16. The Bertz CT molecular complexity index is 1680.